The standard InChI is InChI=1S/C71H48N2/c1-3-21-54(22-4-1)71(55-23-5-2-6-24-55)66-31-15-11-27-61(66)62-46-45-58(48-67(62)71)72(56-41-37-50(38-42-56)53-36-35-49-19-7-8-20-52(49)47-53)57-43-39-51(40-44-57)59-25-9-10-26-60(59)63-28-12-16-32-68(63)73-69-33-17-13-29-64(69)65-30-14-18-34-70(65)73/h1-48H. The summed E-state index contributed by atoms with van der Waals surface area (Å²) in [6, 6.07) is 107. The monoisotopic (exact) mass is 928 g/mol. The number of nitrogens with zero attached hydrogens (tertiary/aromatic N) is 2. The molecule has 342 valence electrons. The molecule has 2 nitrogen and oxygen atoms in total. The highest BCUT2D eigenvalue weighted by molar-refractivity contribution is 6.10. The summed E-state index contributed by atoms with van der Waals surface area (Å²) in [4.78, 5) is 2.43. The third-order valence-electron chi connectivity index (χ3n) is 15.3. The van der Waals surface area contributed by atoms with Crippen LogP contribution >= 0.6 is 0 Å². The number of anilines is 3. The van der Waals surface area contributed by atoms with Gasteiger partial charge in [-0.3, -0.25) is 0 Å². The van der Waals surface area contributed by atoms with Crippen LogP contribution in [0.15, 0.2) is 291 Å². The average molecular weight is 929 g/mol. The van der Waals surface area contributed by atoms with Crippen molar-refractivity contribution in [3.05, 3.63) is 313 Å². The van der Waals surface area contributed by atoms with E-state index in [2.05, 4.69) is 301 Å². The molecule has 2 heteroatoms. The summed E-state index contributed by atoms with van der Waals surface area (Å²) in [5, 5.41) is 4.99. The van der Waals surface area contributed by atoms with Gasteiger partial charge in [-0.25, -0.2) is 0 Å². The van der Waals surface area contributed by atoms with Crippen LogP contribution in [0.25, 0.3) is 82.8 Å². The van der Waals surface area contributed by atoms with E-state index in [1.807, 2.05) is 0 Å². The zero-order chi connectivity index (χ0) is 48.3. The maximum absolute atomic E-state index is 2.46. The van der Waals surface area contributed by atoms with Gasteiger partial charge in [-0.1, -0.05) is 231 Å². The van der Waals surface area contributed by atoms with Crippen LogP contribution in [0.4, 0.5) is 17.1 Å². The van der Waals surface area contributed by atoms with E-state index < -0.39 is 5.41 Å². The Morgan fingerprint density at radius 2 is 0.753 bits per heavy atom. The van der Waals surface area contributed by atoms with Crippen LogP contribution in [0.3, 0.4) is 0 Å². The van der Waals surface area contributed by atoms with Crippen LogP contribution < -0.4 is 4.90 Å². The van der Waals surface area contributed by atoms with Crippen molar-refractivity contribution in [2.75, 3.05) is 4.90 Å². The number of benzene rings is 12. The number of para-hydroxylation sites is 3. The summed E-state index contributed by atoms with van der Waals surface area (Å²) >= 11 is 0. The molecule has 1 aromatic heterocycles. The van der Waals surface area contributed by atoms with Crippen LogP contribution in [-0.2, 0) is 5.41 Å². The predicted octanol–water partition coefficient (Wildman–Crippen LogP) is 18.8. The molecule has 0 bridgehead atoms. The highest BCUT2D eigenvalue weighted by Gasteiger charge is 2.46. The van der Waals surface area contributed by atoms with E-state index in [0.717, 1.165) is 28.3 Å². The largest absolute Gasteiger partial charge is 0.310 e. The van der Waals surface area contributed by atoms with Gasteiger partial charge in [-0.15, -0.1) is 0 Å². The SMILES string of the molecule is c1ccc(C2(c3ccccc3)c3ccccc3-c3ccc(N(c4ccc(-c5ccc6ccccc6c5)cc4)c4ccc(-c5ccccc5-c5ccccc5-n5c6ccccc6c6ccccc65)cc4)cc32)cc1. The second kappa shape index (κ2) is 17.4. The van der Waals surface area contributed by atoms with Gasteiger partial charge in [0.25, 0.3) is 0 Å². The minimum absolute atomic E-state index is 0.529. The third kappa shape index (κ3) is 6.87. The number of rotatable bonds is 9. The van der Waals surface area contributed by atoms with Crippen molar-refractivity contribution in [3.63, 3.8) is 0 Å². The van der Waals surface area contributed by atoms with Gasteiger partial charge < -0.3 is 9.47 Å². The highest BCUT2D eigenvalue weighted by atomic mass is 15.1. The van der Waals surface area contributed by atoms with Crippen LogP contribution in [0.5, 0.6) is 0 Å². The lowest BCUT2D eigenvalue weighted by atomic mass is 9.67. The Morgan fingerprint density at radius 1 is 0.274 bits per heavy atom. The highest BCUT2D eigenvalue weighted by Crippen LogP contribution is 2.57. The second-order valence-electron chi connectivity index (χ2n) is 19.2. The summed E-state index contributed by atoms with van der Waals surface area (Å²) < 4.78 is 2.43. The van der Waals surface area contributed by atoms with E-state index in [0.29, 0.717) is 0 Å². The van der Waals surface area contributed by atoms with Gasteiger partial charge in [-0.2, -0.15) is 0 Å². The van der Waals surface area contributed by atoms with E-state index in [1.54, 1.807) is 0 Å². The smallest absolute Gasteiger partial charge is 0.0714 e. The first-order valence-corrected chi connectivity index (χ1v) is 25.2. The summed E-state index contributed by atoms with van der Waals surface area (Å²) in [5.74, 6) is 0. The van der Waals surface area contributed by atoms with Crippen molar-refractivity contribution >= 4 is 49.6 Å². The molecule has 0 fully saturated rings. The molecule has 0 aliphatic heterocycles. The fourth-order valence-electron chi connectivity index (χ4n) is 12.0. The number of hydrogen-bond acceptors (Lipinski definition) is 1. The van der Waals surface area contributed by atoms with Crippen LogP contribution in [0, 0.1) is 0 Å². The van der Waals surface area contributed by atoms with Gasteiger partial charge in [0, 0.05) is 33.4 Å². The molecule has 1 aliphatic rings. The minimum atomic E-state index is -0.529. The normalized spacial score (nSPS) is 12.5. The Kier molecular flexibility index (Phi) is 10.1. The van der Waals surface area contributed by atoms with Crippen LogP contribution in [-0.4, -0.2) is 4.57 Å². The topological polar surface area (TPSA) is 8.17 Å². The summed E-state index contributed by atoms with van der Waals surface area (Å²) in [6.07, 6.45) is 0. The van der Waals surface area contributed by atoms with Crippen LogP contribution in [0.1, 0.15) is 22.3 Å². The Morgan fingerprint density at radius 3 is 1.42 bits per heavy atom. The Labute approximate surface area is 426 Å². The minimum Gasteiger partial charge on any atom is -0.310 e. The molecule has 13 aromatic rings. The van der Waals surface area contributed by atoms with E-state index in [9.17, 15) is 0 Å². The molecule has 0 saturated heterocycles. The second-order valence-corrected chi connectivity index (χ2v) is 19.2. The van der Waals surface area contributed by atoms with Gasteiger partial charge in [-0.05, 0) is 133 Å². The number of aromatic nitrogens is 1. The van der Waals surface area contributed by atoms with Gasteiger partial charge in [0.15, 0.2) is 0 Å². The van der Waals surface area contributed by atoms with Gasteiger partial charge >= 0.3 is 0 Å². The molecule has 0 radical (unpaired) electrons. The quantitative estimate of drug-likeness (QED) is 0.140. The van der Waals surface area contributed by atoms with E-state index in [4.69, 9.17) is 0 Å². The number of hydrogen-bond donors (Lipinski definition) is 0. The molecular weight excluding hydrogens is 881 g/mol. The van der Waals surface area contributed by atoms with Gasteiger partial charge in [0.1, 0.15) is 0 Å². The first-order chi connectivity index (χ1) is 36.2. The molecule has 14 rings (SSSR count). The molecule has 1 aliphatic carbocycles. The molecule has 0 N–H and O–H groups in total. The van der Waals surface area contributed by atoms with Crippen molar-refractivity contribution in [2.45, 2.75) is 5.41 Å². The van der Waals surface area contributed by atoms with Crippen molar-refractivity contribution in [3.8, 4) is 50.2 Å². The first-order valence-electron chi connectivity index (χ1n) is 25.2. The molecule has 0 unspecified atom stereocenters. The molecule has 12 aromatic carbocycles. The lowest BCUT2D eigenvalue weighted by molar-refractivity contribution is 0.768. The third-order valence-corrected chi connectivity index (χ3v) is 15.3. The van der Waals surface area contributed by atoms with Crippen molar-refractivity contribution in [1.82, 2.24) is 4.57 Å². The Hall–Kier alpha value is -9.50. The van der Waals surface area contributed by atoms with E-state index >= 15 is 0 Å². The van der Waals surface area contributed by atoms with Crippen molar-refractivity contribution in [2.24, 2.45) is 0 Å². The van der Waals surface area contributed by atoms with Crippen molar-refractivity contribution < 1.29 is 0 Å². The molecule has 0 spiro atoms. The fourth-order valence-corrected chi connectivity index (χ4v) is 12.0. The van der Waals surface area contributed by atoms with E-state index in [-0.39, 0.29) is 0 Å². The molecular formula is C71H48N2. The summed E-state index contributed by atoms with van der Waals surface area (Å²) in [6.45, 7) is 0. The fraction of sp³-hybridized carbons (Fsp3) is 0.0141. The van der Waals surface area contributed by atoms with Gasteiger partial charge in [0.05, 0.1) is 22.1 Å². The molecule has 0 amide bonds. The zero-order valence-electron chi connectivity index (χ0n) is 40.1. The number of fused-ring (bicyclic) bond motifs is 7. The van der Waals surface area contributed by atoms with Crippen molar-refractivity contribution in [1.29, 1.82) is 0 Å². The lowest BCUT2D eigenvalue weighted by Crippen LogP contribution is -2.28. The van der Waals surface area contributed by atoms with E-state index in [1.165, 1.54) is 93.8 Å². The predicted molar refractivity (Wildman–Crippen MR) is 307 cm³/mol. The molecule has 0 saturated carbocycles. The summed E-state index contributed by atoms with van der Waals surface area (Å²) in [7, 11) is 0. The molecule has 1 heterocycles. The Bertz CT molecular complexity index is 4090. The molecule has 0 atom stereocenters. The van der Waals surface area contributed by atoms with Gasteiger partial charge in [0.2, 0.25) is 0 Å². The maximum Gasteiger partial charge on any atom is 0.0714 e. The molecule has 73 heavy (non-hydrogen) atoms. The summed E-state index contributed by atoms with van der Waals surface area (Å²) in [5.41, 5.74) is 20.9. The Balaban J connectivity index is 0.922. The zero-order valence-corrected chi connectivity index (χ0v) is 40.1. The lowest BCUT2D eigenvalue weighted by Gasteiger charge is -2.35. The first kappa shape index (κ1) is 42.4. The maximum atomic E-state index is 2.46. The van der Waals surface area contributed by atoms with Crippen LogP contribution in [0.2, 0.25) is 0 Å². The average Bonchev–Trinajstić information content (AvgIpc) is 4.01.